The van der Waals surface area contributed by atoms with Gasteiger partial charge in [0.05, 0.1) is 10.6 Å². The second-order valence-electron chi connectivity index (χ2n) is 10.8. The molecule has 0 aromatic heterocycles. The van der Waals surface area contributed by atoms with E-state index in [2.05, 4.69) is 21.2 Å². The van der Waals surface area contributed by atoms with Crippen molar-refractivity contribution in [2.24, 2.45) is 0 Å². The molecule has 4 aromatic carbocycles. The van der Waals surface area contributed by atoms with Crippen LogP contribution in [0.15, 0.2) is 119 Å². The standard InChI is InChI=1S/C35H38BrN3O4S/c1-4-29-17-11-12-21-32(29)39(44(42,43)31-19-9-6-10-20-31)25-34(40)38(24-28-16-13-18-30(36)22-28)33(35(41)37-26(2)3)23-27-14-7-5-8-15-27/h5-22,26,33H,4,23-25H2,1-3H3,(H,37,41). The normalized spacial score (nSPS) is 12.0. The van der Waals surface area contributed by atoms with Gasteiger partial charge in [-0.1, -0.05) is 102 Å². The molecule has 0 aliphatic carbocycles. The van der Waals surface area contributed by atoms with E-state index < -0.39 is 28.5 Å². The molecular formula is C35H38BrN3O4S. The molecule has 2 amide bonds. The SMILES string of the molecule is CCc1ccccc1N(CC(=O)N(Cc1cccc(Br)c1)C(Cc1ccccc1)C(=O)NC(C)C)S(=O)(=O)c1ccccc1. The monoisotopic (exact) mass is 675 g/mol. The van der Waals surface area contributed by atoms with Crippen LogP contribution in [-0.4, -0.2) is 43.8 Å². The fourth-order valence-electron chi connectivity index (χ4n) is 5.05. The summed E-state index contributed by atoms with van der Waals surface area (Å²) in [6.07, 6.45) is 0.830. The lowest BCUT2D eigenvalue weighted by molar-refractivity contribution is -0.140. The van der Waals surface area contributed by atoms with E-state index in [0.717, 1.165) is 21.2 Å². The molecule has 1 unspecified atom stereocenters. The zero-order valence-electron chi connectivity index (χ0n) is 25.2. The third kappa shape index (κ3) is 8.36. The Morgan fingerprint density at radius 1 is 0.818 bits per heavy atom. The summed E-state index contributed by atoms with van der Waals surface area (Å²) in [5.74, 6) is -0.797. The number of nitrogens with one attached hydrogen (secondary N) is 1. The minimum atomic E-state index is -4.14. The fraction of sp³-hybridized carbons (Fsp3) is 0.257. The third-order valence-corrected chi connectivity index (χ3v) is 9.46. The number of anilines is 1. The number of amides is 2. The predicted octanol–water partition coefficient (Wildman–Crippen LogP) is 6.37. The lowest BCUT2D eigenvalue weighted by Crippen LogP contribution is -2.54. The second kappa shape index (κ2) is 15.2. The number of para-hydroxylation sites is 1. The van der Waals surface area contributed by atoms with Gasteiger partial charge in [-0.3, -0.25) is 13.9 Å². The van der Waals surface area contributed by atoms with Gasteiger partial charge >= 0.3 is 0 Å². The van der Waals surface area contributed by atoms with Gasteiger partial charge < -0.3 is 10.2 Å². The molecule has 1 N–H and O–H groups in total. The van der Waals surface area contributed by atoms with Crippen molar-refractivity contribution < 1.29 is 18.0 Å². The van der Waals surface area contributed by atoms with Crippen LogP contribution in [-0.2, 0) is 39.0 Å². The van der Waals surface area contributed by atoms with Crippen molar-refractivity contribution in [2.45, 2.75) is 57.1 Å². The predicted molar refractivity (Wildman–Crippen MR) is 179 cm³/mol. The number of halogens is 1. The Hall–Kier alpha value is -3.95. The van der Waals surface area contributed by atoms with Gasteiger partial charge in [0.2, 0.25) is 11.8 Å². The number of carbonyl (C=O) groups excluding carboxylic acids is 2. The first-order chi connectivity index (χ1) is 21.1. The second-order valence-corrected chi connectivity index (χ2v) is 13.6. The summed E-state index contributed by atoms with van der Waals surface area (Å²) in [6.45, 7) is 5.31. The van der Waals surface area contributed by atoms with Gasteiger partial charge in [0, 0.05) is 23.5 Å². The molecule has 7 nitrogen and oxygen atoms in total. The van der Waals surface area contributed by atoms with Crippen LogP contribution in [0.2, 0.25) is 0 Å². The molecule has 4 rings (SSSR count). The quantitative estimate of drug-likeness (QED) is 0.178. The first-order valence-electron chi connectivity index (χ1n) is 14.6. The topological polar surface area (TPSA) is 86.8 Å². The van der Waals surface area contributed by atoms with Crippen LogP contribution in [0.3, 0.4) is 0 Å². The van der Waals surface area contributed by atoms with Crippen LogP contribution in [0.4, 0.5) is 5.69 Å². The smallest absolute Gasteiger partial charge is 0.264 e. The van der Waals surface area contributed by atoms with E-state index in [4.69, 9.17) is 0 Å². The van der Waals surface area contributed by atoms with E-state index in [1.165, 1.54) is 21.3 Å². The number of sulfonamides is 1. The zero-order chi connectivity index (χ0) is 31.7. The van der Waals surface area contributed by atoms with Crippen molar-refractivity contribution in [1.29, 1.82) is 0 Å². The summed E-state index contributed by atoms with van der Waals surface area (Å²) >= 11 is 3.51. The summed E-state index contributed by atoms with van der Waals surface area (Å²) < 4.78 is 30.4. The van der Waals surface area contributed by atoms with Crippen molar-refractivity contribution in [3.05, 3.63) is 130 Å². The maximum absolute atomic E-state index is 14.5. The highest BCUT2D eigenvalue weighted by Crippen LogP contribution is 2.28. The first-order valence-corrected chi connectivity index (χ1v) is 16.9. The van der Waals surface area contributed by atoms with Gasteiger partial charge in [-0.2, -0.15) is 0 Å². The molecule has 0 aliphatic rings. The minimum Gasteiger partial charge on any atom is -0.352 e. The minimum absolute atomic E-state index is 0.0793. The van der Waals surface area contributed by atoms with Crippen LogP contribution in [0.25, 0.3) is 0 Å². The van der Waals surface area contributed by atoms with E-state index in [1.807, 2.05) is 87.5 Å². The highest BCUT2D eigenvalue weighted by molar-refractivity contribution is 9.10. The largest absolute Gasteiger partial charge is 0.352 e. The van der Waals surface area contributed by atoms with Gasteiger partial charge in [-0.05, 0) is 67.3 Å². The molecule has 0 saturated carbocycles. The van der Waals surface area contributed by atoms with Crippen LogP contribution >= 0.6 is 15.9 Å². The Labute approximate surface area is 269 Å². The van der Waals surface area contributed by atoms with Crippen molar-refractivity contribution in [1.82, 2.24) is 10.2 Å². The third-order valence-electron chi connectivity index (χ3n) is 7.20. The Kier molecular flexibility index (Phi) is 11.4. The summed E-state index contributed by atoms with van der Waals surface area (Å²) in [5, 5.41) is 2.98. The molecule has 0 fully saturated rings. The molecule has 4 aromatic rings. The average Bonchev–Trinajstić information content (AvgIpc) is 3.02. The Bertz CT molecular complexity index is 1660. The Morgan fingerprint density at radius 3 is 2.07 bits per heavy atom. The number of hydrogen-bond donors (Lipinski definition) is 1. The maximum atomic E-state index is 14.5. The van der Waals surface area contributed by atoms with Gasteiger partial charge in [0.15, 0.2) is 0 Å². The number of carbonyl (C=O) groups is 2. The molecule has 0 radical (unpaired) electrons. The van der Waals surface area contributed by atoms with Crippen molar-refractivity contribution >= 4 is 43.5 Å². The molecule has 230 valence electrons. The molecule has 0 aliphatic heterocycles. The summed E-state index contributed by atoms with van der Waals surface area (Å²) in [6, 6.07) is 31.3. The van der Waals surface area contributed by atoms with Gasteiger partial charge in [-0.15, -0.1) is 0 Å². The van der Waals surface area contributed by atoms with Crippen molar-refractivity contribution in [3.8, 4) is 0 Å². The van der Waals surface area contributed by atoms with Crippen LogP contribution in [0.1, 0.15) is 37.5 Å². The number of rotatable bonds is 13. The molecule has 44 heavy (non-hydrogen) atoms. The van der Waals surface area contributed by atoms with E-state index in [1.54, 1.807) is 30.3 Å². The number of nitrogens with zero attached hydrogens (tertiary/aromatic N) is 2. The fourth-order valence-corrected chi connectivity index (χ4v) is 6.97. The summed E-state index contributed by atoms with van der Waals surface area (Å²) in [7, 11) is -4.14. The van der Waals surface area contributed by atoms with Crippen molar-refractivity contribution in [2.75, 3.05) is 10.8 Å². The number of aryl methyl sites for hydroxylation is 1. The van der Waals surface area contributed by atoms with Gasteiger partial charge in [-0.25, -0.2) is 8.42 Å². The zero-order valence-corrected chi connectivity index (χ0v) is 27.6. The van der Waals surface area contributed by atoms with E-state index in [9.17, 15) is 18.0 Å². The number of benzene rings is 4. The molecule has 0 heterocycles. The molecule has 9 heteroatoms. The summed E-state index contributed by atoms with van der Waals surface area (Å²) in [4.78, 5) is 29.9. The summed E-state index contributed by atoms with van der Waals surface area (Å²) in [5.41, 5.74) is 2.90. The van der Waals surface area contributed by atoms with E-state index in [-0.39, 0.29) is 29.8 Å². The highest BCUT2D eigenvalue weighted by atomic mass is 79.9. The first kappa shape index (κ1) is 33.0. The van der Waals surface area contributed by atoms with E-state index >= 15 is 0 Å². The molecule has 0 bridgehead atoms. The van der Waals surface area contributed by atoms with Gasteiger partial charge in [0.25, 0.3) is 10.0 Å². The molecular weight excluding hydrogens is 638 g/mol. The van der Waals surface area contributed by atoms with Crippen LogP contribution in [0.5, 0.6) is 0 Å². The van der Waals surface area contributed by atoms with E-state index in [0.29, 0.717) is 12.1 Å². The Balaban J connectivity index is 1.83. The van der Waals surface area contributed by atoms with Crippen molar-refractivity contribution in [3.63, 3.8) is 0 Å². The molecule has 0 saturated heterocycles. The van der Waals surface area contributed by atoms with Crippen LogP contribution < -0.4 is 9.62 Å². The maximum Gasteiger partial charge on any atom is 0.264 e. The number of hydrogen-bond acceptors (Lipinski definition) is 4. The lowest BCUT2D eigenvalue weighted by Gasteiger charge is -2.34. The average molecular weight is 677 g/mol. The Morgan fingerprint density at radius 2 is 1.43 bits per heavy atom. The van der Waals surface area contributed by atoms with Crippen LogP contribution in [0, 0.1) is 0 Å². The molecule has 0 spiro atoms. The highest BCUT2D eigenvalue weighted by Gasteiger charge is 2.35. The van der Waals surface area contributed by atoms with Gasteiger partial charge in [0.1, 0.15) is 12.6 Å². The molecule has 1 atom stereocenters. The lowest BCUT2D eigenvalue weighted by atomic mass is 10.0.